The predicted octanol–water partition coefficient (Wildman–Crippen LogP) is 3.44. The molecule has 0 aliphatic carbocycles. The standard InChI is InChI=1S/C10H10BrF3N2O/c1-6-2-3-7(11)4-8(6)16-9(17)15-5-10(12,13)14/h2-4H,5H2,1H3,(H2,15,16,17). The highest BCUT2D eigenvalue weighted by atomic mass is 79.9. The molecule has 0 spiro atoms. The van der Waals surface area contributed by atoms with Crippen LogP contribution in [0.1, 0.15) is 5.56 Å². The van der Waals surface area contributed by atoms with Crippen molar-refractivity contribution in [3.8, 4) is 0 Å². The third-order valence-electron chi connectivity index (χ3n) is 1.90. The Morgan fingerprint density at radius 3 is 2.65 bits per heavy atom. The van der Waals surface area contributed by atoms with Crippen LogP contribution < -0.4 is 10.6 Å². The Labute approximate surface area is 105 Å². The summed E-state index contributed by atoms with van der Waals surface area (Å²) in [5, 5.41) is 4.07. The molecule has 0 atom stereocenters. The predicted molar refractivity (Wildman–Crippen MR) is 62.0 cm³/mol. The Morgan fingerprint density at radius 1 is 1.41 bits per heavy atom. The summed E-state index contributed by atoms with van der Waals surface area (Å²) in [7, 11) is 0. The van der Waals surface area contributed by atoms with Gasteiger partial charge in [-0.25, -0.2) is 4.79 Å². The molecule has 3 nitrogen and oxygen atoms in total. The molecule has 2 N–H and O–H groups in total. The fourth-order valence-electron chi connectivity index (χ4n) is 1.08. The van der Waals surface area contributed by atoms with Crippen molar-refractivity contribution in [2.75, 3.05) is 11.9 Å². The number of carbonyl (C=O) groups excluding carboxylic acids is 1. The fourth-order valence-corrected chi connectivity index (χ4v) is 1.44. The number of carbonyl (C=O) groups is 1. The normalized spacial score (nSPS) is 11.1. The molecule has 0 saturated carbocycles. The van der Waals surface area contributed by atoms with Gasteiger partial charge in [0.05, 0.1) is 0 Å². The molecule has 0 fully saturated rings. The average Bonchev–Trinajstić information content (AvgIpc) is 2.20. The van der Waals surface area contributed by atoms with Gasteiger partial charge in [-0.3, -0.25) is 0 Å². The molecule has 94 valence electrons. The lowest BCUT2D eigenvalue weighted by Gasteiger charge is -2.11. The first-order chi connectivity index (χ1) is 7.78. The molecule has 7 heteroatoms. The molecule has 0 aromatic heterocycles. The molecule has 1 rings (SSSR count). The van der Waals surface area contributed by atoms with Crippen molar-refractivity contribution in [2.45, 2.75) is 13.1 Å². The number of hydrogen-bond acceptors (Lipinski definition) is 1. The number of nitrogens with one attached hydrogen (secondary N) is 2. The van der Waals surface area contributed by atoms with Gasteiger partial charge in [0, 0.05) is 10.2 Å². The van der Waals surface area contributed by atoms with Crippen molar-refractivity contribution in [1.29, 1.82) is 0 Å². The van der Waals surface area contributed by atoms with E-state index in [0.717, 1.165) is 10.0 Å². The Morgan fingerprint density at radius 2 is 2.06 bits per heavy atom. The van der Waals surface area contributed by atoms with Crippen molar-refractivity contribution >= 4 is 27.6 Å². The van der Waals surface area contributed by atoms with Gasteiger partial charge in [0.15, 0.2) is 0 Å². The second-order valence-corrected chi connectivity index (χ2v) is 4.30. The lowest BCUT2D eigenvalue weighted by atomic mass is 10.2. The zero-order valence-corrected chi connectivity index (χ0v) is 10.4. The number of amides is 2. The molecule has 2 amide bonds. The van der Waals surface area contributed by atoms with Crippen LogP contribution in [0.15, 0.2) is 22.7 Å². The number of hydrogen-bond donors (Lipinski definition) is 2. The van der Waals surface area contributed by atoms with Gasteiger partial charge in [-0.2, -0.15) is 13.2 Å². The maximum atomic E-state index is 11.8. The number of alkyl halides is 3. The van der Waals surface area contributed by atoms with E-state index in [1.807, 2.05) is 0 Å². The molecule has 1 aromatic carbocycles. The Kier molecular flexibility index (Phi) is 4.39. The van der Waals surface area contributed by atoms with Crippen molar-refractivity contribution < 1.29 is 18.0 Å². The minimum Gasteiger partial charge on any atom is -0.329 e. The van der Waals surface area contributed by atoms with E-state index in [9.17, 15) is 18.0 Å². The lowest BCUT2D eigenvalue weighted by molar-refractivity contribution is -0.122. The highest BCUT2D eigenvalue weighted by Gasteiger charge is 2.27. The molecule has 0 aliphatic rings. The van der Waals surface area contributed by atoms with Gasteiger partial charge in [-0.15, -0.1) is 0 Å². The highest BCUT2D eigenvalue weighted by molar-refractivity contribution is 9.10. The van der Waals surface area contributed by atoms with Crippen LogP contribution in [0, 0.1) is 6.92 Å². The fraction of sp³-hybridized carbons (Fsp3) is 0.300. The molecule has 17 heavy (non-hydrogen) atoms. The summed E-state index contributed by atoms with van der Waals surface area (Å²) in [6.07, 6.45) is -4.41. The first-order valence-electron chi connectivity index (χ1n) is 4.66. The van der Waals surface area contributed by atoms with Gasteiger partial charge in [-0.1, -0.05) is 22.0 Å². The molecule has 0 radical (unpaired) electrons. The van der Waals surface area contributed by atoms with Gasteiger partial charge < -0.3 is 10.6 Å². The van der Waals surface area contributed by atoms with E-state index in [1.54, 1.807) is 30.4 Å². The summed E-state index contributed by atoms with van der Waals surface area (Å²) >= 11 is 3.21. The summed E-state index contributed by atoms with van der Waals surface area (Å²) in [6.45, 7) is 0.387. The summed E-state index contributed by atoms with van der Waals surface area (Å²) in [6, 6.07) is 4.24. The summed E-state index contributed by atoms with van der Waals surface area (Å²) in [5.74, 6) is 0. The third kappa shape index (κ3) is 5.08. The molecule has 0 bridgehead atoms. The molecule has 1 aromatic rings. The van der Waals surface area contributed by atoms with Crippen LogP contribution in [0.5, 0.6) is 0 Å². The van der Waals surface area contributed by atoms with Crippen molar-refractivity contribution in [2.24, 2.45) is 0 Å². The van der Waals surface area contributed by atoms with E-state index in [2.05, 4.69) is 21.2 Å². The number of halogens is 4. The largest absolute Gasteiger partial charge is 0.405 e. The number of benzene rings is 1. The van der Waals surface area contributed by atoms with Crippen LogP contribution in [0.3, 0.4) is 0 Å². The van der Waals surface area contributed by atoms with E-state index in [-0.39, 0.29) is 0 Å². The third-order valence-corrected chi connectivity index (χ3v) is 2.39. The summed E-state index contributed by atoms with van der Waals surface area (Å²) in [5.41, 5.74) is 1.22. The first-order valence-corrected chi connectivity index (χ1v) is 5.45. The molecule has 0 heterocycles. The van der Waals surface area contributed by atoms with Gasteiger partial charge in [0.25, 0.3) is 0 Å². The average molecular weight is 311 g/mol. The second kappa shape index (κ2) is 5.39. The molecule has 0 saturated heterocycles. The van der Waals surface area contributed by atoms with Crippen molar-refractivity contribution in [3.05, 3.63) is 28.2 Å². The summed E-state index contributed by atoms with van der Waals surface area (Å²) in [4.78, 5) is 11.2. The maximum Gasteiger partial charge on any atom is 0.405 e. The quantitative estimate of drug-likeness (QED) is 0.863. The Bertz CT molecular complexity index is 421. The number of urea groups is 1. The smallest absolute Gasteiger partial charge is 0.329 e. The zero-order valence-electron chi connectivity index (χ0n) is 8.86. The van der Waals surface area contributed by atoms with Crippen LogP contribution in [-0.4, -0.2) is 18.8 Å². The lowest BCUT2D eigenvalue weighted by Crippen LogP contribution is -2.36. The SMILES string of the molecule is Cc1ccc(Br)cc1NC(=O)NCC(F)(F)F. The Balaban J connectivity index is 2.59. The van der Waals surface area contributed by atoms with Gasteiger partial charge in [0.1, 0.15) is 6.54 Å². The van der Waals surface area contributed by atoms with Crippen molar-refractivity contribution in [1.82, 2.24) is 5.32 Å². The van der Waals surface area contributed by atoms with Gasteiger partial charge >= 0.3 is 12.2 Å². The van der Waals surface area contributed by atoms with E-state index in [4.69, 9.17) is 0 Å². The van der Waals surface area contributed by atoms with E-state index < -0.39 is 18.8 Å². The van der Waals surface area contributed by atoms with Crippen LogP contribution >= 0.6 is 15.9 Å². The van der Waals surface area contributed by atoms with Crippen LogP contribution in [0.25, 0.3) is 0 Å². The van der Waals surface area contributed by atoms with E-state index >= 15 is 0 Å². The Hall–Kier alpha value is -1.24. The van der Waals surface area contributed by atoms with Crippen LogP contribution in [-0.2, 0) is 0 Å². The monoisotopic (exact) mass is 310 g/mol. The van der Waals surface area contributed by atoms with E-state index in [1.165, 1.54) is 0 Å². The highest BCUT2D eigenvalue weighted by Crippen LogP contribution is 2.20. The minimum atomic E-state index is -4.41. The second-order valence-electron chi connectivity index (χ2n) is 3.38. The molecule has 0 unspecified atom stereocenters. The first kappa shape index (κ1) is 13.8. The molecular formula is C10H10BrF3N2O. The number of rotatable bonds is 2. The number of anilines is 1. The van der Waals surface area contributed by atoms with Gasteiger partial charge in [-0.05, 0) is 24.6 Å². The van der Waals surface area contributed by atoms with Crippen LogP contribution in [0.2, 0.25) is 0 Å². The number of aryl methyl sites for hydroxylation is 1. The summed E-state index contributed by atoms with van der Waals surface area (Å²) < 4.78 is 36.3. The minimum absolute atomic E-state index is 0.457. The van der Waals surface area contributed by atoms with Gasteiger partial charge in [0.2, 0.25) is 0 Å². The maximum absolute atomic E-state index is 11.8. The van der Waals surface area contributed by atoms with E-state index in [0.29, 0.717) is 5.69 Å². The molecule has 0 aliphatic heterocycles. The van der Waals surface area contributed by atoms with Crippen molar-refractivity contribution in [3.63, 3.8) is 0 Å². The molecular weight excluding hydrogens is 301 g/mol. The zero-order chi connectivity index (χ0) is 13.1. The topological polar surface area (TPSA) is 41.1 Å². The van der Waals surface area contributed by atoms with Crippen LogP contribution in [0.4, 0.5) is 23.7 Å².